The fraction of sp³-hybridized carbons (Fsp3) is 0.250. The Balaban J connectivity index is 2.11. The average Bonchev–Trinajstić information content (AvgIpc) is 3.07. The summed E-state index contributed by atoms with van der Waals surface area (Å²) >= 11 is 0. The highest BCUT2D eigenvalue weighted by molar-refractivity contribution is 5.95. The first kappa shape index (κ1) is 16.4. The van der Waals surface area contributed by atoms with Gasteiger partial charge in [-0.15, -0.1) is 0 Å². The number of methoxy groups -OCH3 is 3. The SMILES string of the molecule is COC(=O)c1ccc(COC(=O)c2c(OC)cccc2OC)o1. The maximum absolute atomic E-state index is 12.3. The van der Waals surface area contributed by atoms with E-state index in [4.69, 9.17) is 18.6 Å². The zero-order valence-corrected chi connectivity index (χ0v) is 13.0. The van der Waals surface area contributed by atoms with Crippen LogP contribution in [0.1, 0.15) is 26.7 Å². The third-order valence-electron chi connectivity index (χ3n) is 3.03. The number of ether oxygens (including phenoxy) is 4. The summed E-state index contributed by atoms with van der Waals surface area (Å²) < 4.78 is 25.2. The molecule has 0 saturated heterocycles. The number of benzene rings is 1. The largest absolute Gasteiger partial charge is 0.496 e. The molecule has 0 amide bonds. The zero-order chi connectivity index (χ0) is 16.8. The van der Waals surface area contributed by atoms with Gasteiger partial charge in [0.15, 0.2) is 0 Å². The molecule has 0 aliphatic heterocycles. The van der Waals surface area contributed by atoms with Crippen molar-refractivity contribution in [3.8, 4) is 11.5 Å². The van der Waals surface area contributed by atoms with Crippen LogP contribution in [0.15, 0.2) is 34.7 Å². The van der Waals surface area contributed by atoms with Crippen LogP contribution in [-0.2, 0) is 16.1 Å². The van der Waals surface area contributed by atoms with E-state index in [1.165, 1.54) is 33.5 Å². The number of hydrogen-bond donors (Lipinski definition) is 0. The molecule has 0 aliphatic rings. The summed E-state index contributed by atoms with van der Waals surface area (Å²) in [5.74, 6) is -0.210. The number of rotatable bonds is 6. The molecule has 1 aromatic heterocycles. The Morgan fingerprint density at radius 2 is 1.61 bits per heavy atom. The molecule has 0 fully saturated rings. The lowest BCUT2D eigenvalue weighted by atomic mass is 10.2. The minimum atomic E-state index is -0.629. The van der Waals surface area contributed by atoms with Gasteiger partial charge < -0.3 is 23.4 Å². The van der Waals surface area contributed by atoms with Crippen LogP contribution in [-0.4, -0.2) is 33.3 Å². The number of hydrogen-bond acceptors (Lipinski definition) is 7. The van der Waals surface area contributed by atoms with Crippen molar-refractivity contribution in [2.45, 2.75) is 6.61 Å². The van der Waals surface area contributed by atoms with Crippen molar-refractivity contribution >= 4 is 11.9 Å². The summed E-state index contributed by atoms with van der Waals surface area (Å²) in [5.41, 5.74) is 0.178. The van der Waals surface area contributed by atoms with E-state index in [-0.39, 0.29) is 17.9 Å². The minimum Gasteiger partial charge on any atom is -0.496 e. The molecule has 2 aromatic rings. The van der Waals surface area contributed by atoms with Crippen molar-refractivity contribution in [3.05, 3.63) is 47.4 Å². The maximum atomic E-state index is 12.3. The van der Waals surface area contributed by atoms with Crippen LogP contribution in [0.4, 0.5) is 0 Å². The molecule has 2 rings (SSSR count). The lowest BCUT2D eigenvalue weighted by Gasteiger charge is -2.11. The van der Waals surface area contributed by atoms with Crippen LogP contribution < -0.4 is 9.47 Å². The van der Waals surface area contributed by atoms with Gasteiger partial charge in [0.05, 0.1) is 21.3 Å². The maximum Gasteiger partial charge on any atom is 0.373 e. The Kier molecular flexibility index (Phi) is 5.24. The molecule has 0 unspecified atom stereocenters. The molecule has 23 heavy (non-hydrogen) atoms. The van der Waals surface area contributed by atoms with Crippen LogP contribution in [0.2, 0.25) is 0 Å². The molecular formula is C16H16O7. The second kappa shape index (κ2) is 7.35. The summed E-state index contributed by atoms with van der Waals surface area (Å²) in [4.78, 5) is 23.6. The van der Waals surface area contributed by atoms with Crippen molar-refractivity contribution < 1.29 is 33.0 Å². The standard InChI is InChI=1S/C16H16O7/c1-19-11-5-4-6-12(20-2)14(11)16(18)22-9-10-7-8-13(23-10)15(17)21-3/h4-8H,9H2,1-3H3. The highest BCUT2D eigenvalue weighted by atomic mass is 16.6. The van der Waals surface area contributed by atoms with Crippen LogP contribution in [0, 0.1) is 0 Å². The summed E-state index contributed by atoms with van der Waals surface area (Å²) in [5, 5.41) is 0. The molecule has 0 bridgehead atoms. The predicted molar refractivity (Wildman–Crippen MR) is 78.7 cm³/mol. The second-order valence-corrected chi connectivity index (χ2v) is 4.37. The van der Waals surface area contributed by atoms with Crippen LogP contribution in [0.5, 0.6) is 11.5 Å². The van der Waals surface area contributed by atoms with Gasteiger partial charge in [-0.05, 0) is 24.3 Å². The highest BCUT2D eigenvalue weighted by Gasteiger charge is 2.20. The third kappa shape index (κ3) is 3.63. The van der Waals surface area contributed by atoms with Crippen molar-refractivity contribution in [1.82, 2.24) is 0 Å². The van der Waals surface area contributed by atoms with Gasteiger partial charge in [-0.2, -0.15) is 0 Å². The van der Waals surface area contributed by atoms with Gasteiger partial charge in [0.1, 0.15) is 29.4 Å². The van der Waals surface area contributed by atoms with Gasteiger partial charge in [-0.1, -0.05) is 6.07 Å². The summed E-state index contributed by atoms with van der Waals surface area (Å²) in [6.45, 7) is -0.142. The number of esters is 2. The molecule has 1 heterocycles. The van der Waals surface area contributed by atoms with E-state index in [0.717, 1.165) is 0 Å². The van der Waals surface area contributed by atoms with Gasteiger partial charge in [-0.25, -0.2) is 9.59 Å². The quantitative estimate of drug-likeness (QED) is 0.756. The first-order valence-corrected chi connectivity index (χ1v) is 6.65. The normalized spacial score (nSPS) is 10.0. The predicted octanol–water partition coefficient (Wildman–Crippen LogP) is 2.44. The van der Waals surface area contributed by atoms with E-state index in [1.54, 1.807) is 18.2 Å². The van der Waals surface area contributed by atoms with Gasteiger partial charge in [0.25, 0.3) is 0 Å². The monoisotopic (exact) mass is 320 g/mol. The number of carbonyl (C=O) groups is 2. The lowest BCUT2D eigenvalue weighted by Crippen LogP contribution is -2.09. The molecule has 0 radical (unpaired) electrons. The molecule has 1 aromatic carbocycles. The molecule has 0 spiro atoms. The average molecular weight is 320 g/mol. The van der Waals surface area contributed by atoms with Gasteiger partial charge in [-0.3, -0.25) is 0 Å². The fourth-order valence-electron chi connectivity index (χ4n) is 1.93. The number of furan rings is 1. The first-order valence-electron chi connectivity index (χ1n) is 6.65. The van der Waals surface area contributed by atoms with Crippen molar-refractivity contribution in [2.24, 2.45) is 0 Å². The third-order valence-corrected chi connectivity index (χ3v) is 3.03. The summed E-state index contributed by atoms with van der Waals surface area (Å²) in [6.07, 6.45) is 0. The van der Waals surface area contributed by atoms with Crippen molar-refractivity contribution in [1.29, 1.82) is 0 Å². The smallest absolute Gasteiger partial charge is 0.373 e. The first-order chi connectivity index (χ1) is 11.1. The van der Waals surface area contributed by atoms with Crippen molar-refractivity contribution in [2.75, 3.05) is 21.3 Å². The molecule has 0 N–H and O–H groups in total. The van der Waals surface area contributed by atoms with E-state index in [1.807, 2.05) is 0 Å². The summed E-state index contributed by atoms with van der Waals surface area (Å²) in [7, 11) is 4.14. The van der Waals surface area contributed by atoms with E-state index >= 15 is 0 Å². The van der Waals surface area contributed by atoms with E-state index in [2.05, 4.69) is 4.74 Å². The topological polar surface area (TPSA) is 84.2 Å². The van der Waals surface area contributed by atoms with E-state index in [0.29, 0.717) is 17.3 Å². The van der Waals surface area contributed by atoms with Gasteiger partial charge in [0, 0.05) is 0 Å². The van der Waals surface area contributed by atoms with Crippen molar-refractivity contribution in [3.63, 3.8) is 0 Å². The zero-order valence-electron chi connectivity index (χ0n) is 13.0. The van der Waals surface area contributed by atoms with Crippen LogP contribution in [0.3, 0.4) is 0 Å². The molecule has 0 saturated carbocycles. The van der Waals surface area contributed by atoms with E-state index in [9.17, 15) is 9.59 Å². The molecule has 122 valence electrons. The van der Waals surface area contributed by atoms with Crippen LogP contribution >= 0.6 is 0 Å². The Morgan fingerprint density at radius 3 is 2.17 bits per heavy atom. The highest BCUT2D eigenvalue weighted by Crippen LogP contribution is 2.29. The Bertz CT molecular complexity index is 680. The molecule has 0 aliphatic carbocycles. The van der Waals surface area contributed by atoms with Gasteiger partial charge in [0.2, 0.25) is 5.76 Å². The van der Waals surface area contributed by atoms with Gasteiger partial charge >= 0.3 is 11.9 Å². The Labute approximate surface area is 132 Å². The summed E-state index contributed by atoms with van der Waals surface area (Å²) in [6, 6.07) is 7.92. The Hall–Kier alpha value is -2.96. The Morgan fingerprint density at radius 1 is 0.957 bits per heavy atom. The molecular weight excluding hydrogens is 304 g/mol. The van der Waals surface area contributed by atoms with Crippen LogP contribution in [0.25, 0.3) is 0 Å². The number of carbonyl (C=O) groups excluding carboxylic acids is 2. The molecule has 7 nitrogen and oxygen atoms in total. The fourth-order valence-corrected chi connectivity index (χ4v) is 1.93. The molecule has 0 atom stereocenters. The lowest BCUT2D eigenvalue weighted by molar-refractivity contribution is 0.0431. The molecule has 7 heteroatoms. The second-order valence-electron chi connectivity index (χ2n) is 4.37. The van der Waals surface area contributed by atoms with E-state index < -0.39 is 11.9 Å². The minimum absolute atomic E-state index is 0.0356.